The molecule has 2 aliphatic rings. The number of hydrogen-bond donors (Lipinski definition) is 0. The second kappa shape index (κ2) is 7.31. The summed E-state index contributed by atoms with van der Waals surface area (Å²) in [4.78, 5) is 6.59. The van der Waals surface area contributed by atoms with E-state index in [1.807, 2.05) is 24.5 Å². The van der Waals surface area contributed by atoms with Crippen LogP contribution in [0.1, 0.15) is 30.4 Å². The molecule has 0 aromatic carbocycles. The predicted molar refractivity (Wildman–Crippen MR) is 94.9 cm³/mol. The van der Waals surface area contributed by atoms with Crippen molar-refractivity contribution in [2.45, 2.75) is 44.1 Å². The fourth-order valence-electron chi connectivity index (χ4n) is 3.85. The molecule has 0 radical (unpaired) electrons. The lowest BCUT2D eigenvalue weighted by molar-refractivity contribution is -0.0548. The first-order valence-electron chi connectivity index (χ1n) is 8.69. The molecule has 2 aromatic heterocycles. The van der Waals surface area contributed by atoms with E-state index in [4.69, 9.17) is 9.47 Å². The van der Waals surface area contributed by atoms with Crippen molar-refractivity contribution in [2.24, 2.45) is 0 Å². The Hall–Kier alpha value is -1.27. The Morgan fingerprint density at radius 1 is 1.29 bits per heavy atom. The zero-order valence-electron chi connectivity index (χ0n) is 13.9. The van der Waals surface area contributed by atoms with Crippen molar-refractivity contribution in [3.63, 3.8) is 0 Å². The minimum absolute atomic E-state index is 0.00280. The van der Waals surface area contributed by atoms with E-state index in [-0.39, 0.29) is 11.7 Å². The summed E-state index contributed by atoms with van der Waals surface area (Å²) < 4.78 is 12.3. The van der Waals surface area contributed by atoms with E-state index in [2.05, 4.69) is 26.7 Å². The topological polar surface area (TPSA) is 34.6 Å². The molecule has 2 saturated heterocycles. The van der Waals surface area contributed by atoms with Gasteiger partial charge < -0.3 is 9.47 Å². The van der Waals surface area contributed by atoms with Crippen LogP contribution in [-0.2, 0) is 22.6 Å². The lowest BCUT2D eigenvalue weighted by atomic mass is 9.89. The second-order valence-electron chi connectivity index (χ2n) is 6.93. The maximum absolute atomic E-state index is 6.26. The molecule has 2 atom stereocenters. The first kappa shape index (κ1) is 16.2. The fraction of sp³-hybridized carbons (Fsp3) is 0.526. The maximum Gasteiger partial charge on any atom is 0.0841 e. The van der Waals surface area contributed by atoms with Gasteiger partial charge in [-0.25, -0.2) is 0 Å². The van der Waals surface area contributed by atoms with Gasteiger partial charge in [0.15, 0.2) is 0 Å². The van der Waals surface area contributed by atoms with Crippen molar-refractivity contribution in [1.29, 1.82) is 0 Å². The quantitative estimate of drug-likeness (QED) is 0.832. The third-order valence-corrected chi connectivity index (χ3v) is 5.75. The Kier molecular flexibility index (Phi) is 4.94. The molecule has 0 amide bonds. The minimum Gasteiger partial charge on any atom is -0.371 e. The van der Waals surface area contributed by atoms with Crippen LogP contribution in [0.3, 0.4) is 0 Å². The molecule has 4 rings (SSSR count). The van der Waals surface area contributed by atoms with Crippen LogP contribution < -0.4 is 0 Å². The minimum atomic E-state index is -0.00280. The predicted octanol–water partition coefficient (Wildman–Crippen LogP) is 3.48. The Balaban J connectivity index is 1.31. The lowest BCUT2D eigenvalue weighted by Crippen LogP contribution is -2.47. The average molecular weight is 344 g/mol. The van der Waals surface area contributed by atoms with Crippen molar-refractivity contribution >= 4 is 11.3 Å². The summed E-state index contributed by atoms with van der Waals surface area (Å²) in [5.74, 6) is 0. The fourth-order valence-corrected chi connectivity index (χ4v) is 4.51. The summed E-state index contributed by atoms with van der Waals surface area (Å²) >= 11 is 1.77. The lowest BCUT2D eigenvalue weighted by Gasteiger charge is -2.39. The molecular weight excluding hydrogens is 320 g/mol. The van der Waals surface area contributed by atoms with Crippen LogP contribution in [0.5, 0.6) is 0 Å². The van der Waals surface area contributed by atoms with E-state index in [1.54, 1.807) is 11.3 Å². The molecule has 4 heterocycles. The molecule has 2 fully saturated rings. The number of piperidine rings is 1. The monoisotopic (exact) mass is 344 g/mol. The normalized spacial score (nSPS) is 27.8. The molecule has 0 bridgehead atoms. The van der Waals surface area contributed by atoms with Gasteiger partial charge in [0.25, 0.3) is 0 Å². The van der Waals surface area contributed by atoms with Crippen LogP contribution in [0.25, 0.3) is 0 Å². The van der Waals surface area contributed by atoms with Gasteiger partial charge in [-0.3, -0.25) is 9.88 Å². The molecule has 0 aliphatic carbocycles. The molecule has 4 nitrogen and oxygen atoms in total. The SMILES string of the molecule is c1cc(CO[C@@H]2CO[C@@]3(CCCN(Cc4ccsc4)C3)C2)ccn1. The molecule has 2 aromatic rings. The third kappa shape index (κ3) is 3.86. The van der Waals surface area contributed by atoms with Crippen LogP contribution in [0.15, 0.2) is 41.4 Å². The van der Waals surface area contributed by atoms with Crippen molar-refractivity contribution in [3.05, 3.63) is 52.5 Å². The van der Waals surface area contributed by atoms with Gasteiger partial charge in [-0.2, -0.15) is 11.3 Å². The molecule has 128 valence electrons. The molecule has 24 heavy (non-hydrogen) atoms. The number of thiophene rings is 1. The van der Waals surface area contributed by atoms with Gasteiger partial charge in [0.2, 0.25) is 0 Å². The van der Waals surface area contributed by atoms with Crippen molar-refractivity contribution in [1.82, 2.24) is 9.88 Å². The molecule has 5 heteroatoms. The van der Waals surface area contributed by atoms with Crippen LogP contribution in [-0.4, -0.2) is 41.3 Å². The highest BCUT2D eigenvalue weighted by Crippen LogP contribution is 2.36. The second-order valence-corrected chi connectivity index (χ2v) is 7.71. The number of ether oxygens (including phenoxy) is 2. The number of aromatic nitrogens is 1. The van der Waals surface area contributed by atoms with Crippen LogP contribution >= 0.6 is 11.3 Å². The highest BCUT2D eigenvalue weighted by molar-refractivity contribution is 7.07. The molecule has 2 aliphatic heterocycles. The number of rotatable bonds is 5. The summed E-state index contributed by atoms with van der Waals surface area (Å²) in [6, 6.07) is 6.24. The maximum atomic E-state index is 6.26. The standard InChI is InChI=1S/C19H24N2O2S/c1-5-19(15-21(8-1)11-17-4-9-24-14-17)10-18(13-23-19)22-12-16-2-6-20-7-3-16/h2-4,6-7,9,14,18H,1,5,8,10-13,15H2/t18-,19-/m0/s1. The number of nitrogens with zero attached hydrogens (tertiary/aromatic N) is 2. The first-order valence-corrected chi connectivity index (χ1v) is 9.64. The van der Waals surface area contributed by atoms with Gasteiger partial charge in [0.05, 0.1) is 24.9 Å². The Morgan fingerprint density at radius 2 is 2.21 bits per heavy atom. The highest BCUT2D eigenvalue weighted by atomic mass is 32.1. The summed E-state index contributed by atoms with van der Waals surface area (Å²) in [5.41, 5.74) is 2.59. The van der Waals surface area contributed by atoms with Crippen LogP contribution in [0.4, 0.5) is 0 Å². The van der Waals surface area contributed by atoms with Crippen molar-refractivity contribution in [3.8, 4) is 0 Å². The number of likely N-dealkylation sites (tertiary alicyclic amines) is 1. The van der Waals surface area contributed by atoms with E-state index < -0.39 is 0 Å². The summed E-state index contributed by atoms with van der Waals surface area (Å²) in [7, 11) is 0. The smallest absolute Gasteiger partial charge is 0.0841 e. The Labute approximate surface area is 147 Å². The Bertz CT molecular complexity index is 634. The van der Waals surface area contributed by atoms with Gasteiger partial charge in [-0.1, -0.05) is 0 Å². The first-order chi connectivity index (χ1) is 11.8. The number of pyridine rings is 1. The van der Waals surface area contributed by atoms with E-state index in [9.17, 15) is 0 Å². The van der Waals surface area contributed by atoms with Crippen LogP contribution in [0.2, 0.25) is 0 Å². The zero-order chi connectivity index (χ0) is 16.2. The van der Waals surface area contributed by atoms with Gasteiger partial charge in [-0.05, 0) is 59.5 Å². The van der Waals surface area contributed by atoms with Crippen LogP contribution in [0, 0.1) is 0 Å². The van der Waals surface area contributed by atoms with Crippen molar-refractivity contribution < 1.29 is 9.47 Å². The van der Waals surface area contributed by atoms with E-state index in [0.717, 1.165) is 32.5 Å². The van der Waals surface area contributed by atoms with Gasteiger partial charge in [0, 0.05) is 31.9 Å². The molecule has 1 spiro atoms. The van der Waals surface area contributed by atoms with E-state index >= 15 is 0 Å². The highest BCUT2D eigenvalue weighted by Gasteiger charge is 2.43. The van der Waals surface area contributed by atoms with Gasteiger partial charge in [-0.15, -0.1) is 0 Å². The summed E-state index contributed by atoms with van der Waals surface area (Å²) in [6.45, 7) is 4.60. The van der Waals surface area contributed by atoms with E-state index in [0.29, 0.717) is 6.61 Å². The molecule has 0 unspecified atom stereocenters. The molecule has 0 N–H and O–H groups in total. The third-order valence-electron chi connectivity index (χ3n) is 5.01. The molecule has 0 saturated carbocycles. The summed E-state index contributed by atoms with van der Waals surface area (Å²) in [5, 5.41) is 4.40. The zero-order valence-corrected chi connectivity index (χ0v) is 14.7. The largest absolute Gasteiger partial charge is 0.371 e. The van der Waals surface area contributed by atoms with Crippen molar-refractivity contribution in [2.75, 3.05) is 19.7 Å². The average Bonchev–Trinajstić information content (AvgIpc) is 3.25. The van der Waals surface area contributed by atoms with E-state index in [1.165, 1.54) is 24.1 Å². The number of hydrogen-bond acceptors (Lipinski definition) is 5. The Morgan fingerprint density at radius 3 is 3.04 bits per heavy atom. The van der Waals surface area contributed by atoms with Gasteiger partial charge >= 0.3 is 0 Å². The molecular formula is C19H24N2O2S. The van der Waals surface area contributed by atoms with Gasteiger partial charge in [0.1, 0.15) is 0 Å². The summed E-state index contributed by atoms with van der Waals surface area (Å²) in [6.07, 6.45) is 7.21.